The number of benzene rings is 2. The van der Waals surface area contributed by atoms with Crippen molar-refractivity contribution in [2.75, 3.05) is 13.2 Å². The molecule has 2 unspecified atom stereocenters. The quantitative estimate of drug-likeness (QED) is 0.765. The molecule has 6 heteroatoms. The summed E-state index contributed by atoms with van der Waals surface area (Å²) in [6.45, 7) is 1.60. The summed E-state index contributed by atoms with van der Waals surface area (Å²) in [5.74, 6) is -0.788. The van der Waals surface area contributed by atoms with Gasteiger partial charge in [-0.3, -0.25) is 9.59 Å². The van der Waals surface area contributed by atoms with Crippen molar-refractivity contribution < 1.29 is 18.7 Å². The number of halogens is 1. The van der Waals surface area contributed by atoms with Crippen LogP contribution in [0.4, 0.5) is 4.39 Å². The minimum atomic E-state index is -0.524. The Labute approximate surface area is 187 Å². The van der Waals surface area contributed by atoms with Crippen molar-refractivity contribution in [2.45, 2.75) is 62.6 Å². The van der Waals surface area contributed by atoms with Crippen LogP contribution in [0.25, 0.3) is 0 Å². The van der Waals surface area contributed by atoms with Gasteiger partial charge in [-0.05, 0) is 55.0 Å². The Bertz CT molecular complexity index is 994. The molecule has 2 heterocycles. The molecule has 2 aromatic carbocycles. The van der Waals surface area contributed by atoms with Crippen LogP contribution < -0.4 is 5.32 Å². The lowest BCUT2D eigenvalue weighted by Crippen LogP contribution is -2.62. The molecule has 2 atom stereocenters. The highest BCUT2D eigenvalue weighted by atomic mass is 19.1. The fourth-order valence-electron chi connectivity index (χ4n) is 5.82. The zero-order chi connectivity index (χ0) is 22.1. The summed E-state index contributed by atoms with van der Waals surface area (Å²) in [5, 5.41) is 3.08. The van der Waals surface area contributed by atoms with Gasteiger partial charge in [0, 0.05) is 25.3 Å². The number of ether oxygens (including phenoxy) is 1. The van der Waals surface area contributed by atoms with Gasteiger partial charge < -0.3 is 15.0 Å². The third-order valence-corrected chi connectivity index (χ3v) is 7.34. The van der Waals surface area contributed by atoms with Gasteiger partial charge in [0.15, 0.2) is 0 Å². The van der Waals surface area contributed by atoms with Gasteiger partial charge in [-0.25, -0.2) is 4.39 Å². The highest BCUT2D eigenvalue weighted by Gasteiger charge is 2.55. The Hall–Kier alpha value is -2.73. The maximum atomic E-state index is 13.7. The number of nitrogens with zero attached hydrogens (tertiary/aromatic N) is 1. The van der Waals surface area contributed by atoms with E-state index in [1.807, 2.05) is 29.2 Å². The van der Waals surface area contributed by atoms with Crippen LogP contribution in [0.15, 0.2) is 48.5 Å². The molecule has 2 aromatic rings. The molecule has 168 valence electrons. The molecule has 2 fully saturated rings. The largest absolute Gasteiger partial charge is 0.376 e. The van der Waals surface area contributed by atoms with E-state index >= 15 is 0 Å². The average molecular weight is 437 g/mol. The first-order valence-electron chi connectivity index (χ1n) is 11.6. The van der Waals surface area contributed by atoms with Gasteiger partial charge in [-0.1, -0.05) is 43.2 Å². The Morgan fingerprint density at radius 1 is 1.09 bits per heavy atom. The highest BCUT2D eigenvalue weighted by molar-refractivity contribution is 6.02. The van der Waals surface area contributed by atoms with Gasteiger partial charge in [-0.15, -0.1) is 0 Å². The Morgan fingerprint density at radius 3 is 2.56 bits per heavy atom. The maximum absolute atomic E-state index is 13.7. The van der Waals surface area contributed by atoms with Crippen molar-refractivity contribution in [3.8, 4) is 0 Å². The van der Waals surface area contributed by atoms with Gasteiger partial charge in [0.05, 0.1) is 17.6 Å². The molecule has 0 aromatic heterocycles. The van der Waals surface area contributed by atoms with Crippen LogP contribution in [0, 0.1) is 5.82 Å². The number of fused-ring (bicyclic) bond motifs is 1. The Balaban J connectivity index is 1.49. The summed E-state index contributed by atoms with van der Waals surface area (Å²) in [6, 6.07) is 13.7. The van der Waals surface area contributed by atoms with Crippen molar-refractivity contribution >= 4 is 11.8 Å². The molecule has 2 aliphatic heterocycles. The summed E-state index contributed by atoms with van der Waals surface area (Å²) in [4.78, 5) is 29.3. The van der Waals surface area contributed by atoms with E-state index in [4.69, 9.17) is 4.74 Å². The SMILES string of the molecule is O=C(NCc1ccc(F)cc1)C1c2ccccc2C(=O)N(CC2CCCO2)C12CCCC2. The molecule has 1 aliphatic carbocycles. The summed E-state index contributed by atoms with van der Waals surface area (Å²) in [6.07, 6.45) is 5.62. The lowest BCUT2D eigenvalue weighted by atomic mass is 9.71. The zero-order valence-corrected chi connectivity index (χ0v) is 18.2. The number of hydrogen-bond acceptors (Lipinski definition) is 3. The van der Waals surface area contributed by atoms with E-state index in [2.05, 4.69) is 5.32 Å². The van der Waals surface area contributed by atoms with Crippen molar-refractivity contribution in [3.05, 3.63) is 71.0 Å². The van der Waals surface area contributed by atoms with E-state index in [-0.39, 0.29) is 23.7 Å². The average Bonchev–Trinajstić information content (AvgIpc) is 3.49. The predicted octanol–water partition coefficient (Wildman–Crippen LogP) is 4.17. The first kappa shape index (κ1) is 21.1. The van der Waals surface area contributed by atoms with Crippen molar-refractivity contribution in [1.29, 1.82) is 0 Å². The molecule has 1 N–H and O–H groups in total. The monoisotopic (exact) mass is 436 g/mol. The minimum Gasteiger partial charge on any atom is -0.376 e. The van der Waals surface area contributed by atoms with Crippen LogP contribution in [-0.2, 0) is 16.1 Å². The summed E-state index contributed by atoms with van der Waals surface area (Å²) >= 11 is 0. The van der Waals surface area contributed by atoms with E-state index in [1.54, 1.807) is 12.1 Å². The van der Waals surface area contributed by atoms with Crippen molar-refractivity contribution in [2.24, 2.45) is 0 Å². The Morgan fingerprint density at radius 2 is 1.84 bits per heavy atom. The second-order valence-corrected chi connectivity index (χ2v) is 9.23. The van der Waals surface area contributed by atoms with Crippen LogP contribution in [0.3, 0.4) is 0 Å². The highest BCUT2D eigenvalue weighted by Crippen LogP contribution is 2.50. The summed E-state index contributed by atoms with van der Waals surface area (Å²) in [7, 11) is 0. The lowest BCUT2D eigenvalue weighted by Gasteiger charge is -2.50. The molecule has 1 saturated heterocycles. The molecule has 5 nitrogen and oxygen atoms in total. The number of amides is 2. The fourth-order valence-corrected chi connectivity index (χ4v) is 5.82. The number of rotatable bonds is 5. The van der Waals surface area contributed by atoms with E-state index < -0.39 is 11.5 Å². The van der Waals surface area contributed by atoms with Crippen LogP contribution in [0.5, 0.6) is 0 Å². The molecular weight excluding hydrogens is 407 g/mol. The second-order valence-electron chi connectivity index (χ2n) is 9.23. The molecule has 1 saturated carbocycles. The van der Waals surface area contributed by atoms with Crippen molar-refractivity contribution in [3.63, 3.8) is 0 Å². The topological polar surface area (TPSA) is 58.6 Å². The third kappa shape index (κ3) is 3.71. The number of hydrogen-bond donors (Lipinski definition) is 1. The second kappa shape index (κ2) is 8.66. The van der Waals surface area contributed by atoms with Crippen LogP contribution in [0.2, 0.25) is 0 Å². The molecule has 3 aliphatic rings. The van der Waals surface area contributed by atoms with Crippen molar-refractivity contribution in [1.82, 2.24) is 10.2 Å². The molecule has 2 amide bonds. The molecule has 32 heavy (non-hydrogen) atoms. The number of carbonyl (C=O) groups excluding carboxylic acids is 2. The van der Waals surface area contributed by atoms with Gasteiger partial charge in [0.1, 0.15) is 5.82 Å². The normalized spacial score (nSPS) is 24.0. The van der Waals surface area contributed by atoms with E-state index in [0.717, 1.165) is 56.3 Å². The summed E-state index contributed by atoms with van der Waals surface area (Å²) in [5.41, 5.74) is 1.76. The first-order chi connectivity index (χ1) is 15.6. The van der Waals surface area contributed by atoms with E-state index in [1.165, 1.54) is 12.1 Å². The predicted molar refractivity (Wildman–Crippen MR) is 119 cm³/mol. The van der Waals surface area contributed by atoms with Gasteiger partial charge in [0.2, 0.25) is 5.91 Å². The zero-order valence-electron chi connectivity index (χ0n) is 18.2. The molecule has 5 rings (SSSR count). The van der Waals surface area contributed by atoms with E-state index in [0.29, 0.717) is 18.7 Å². The van der Waals surface area contributed by atoms with Crippen LogP contribution in [-0.4, -0.2) is 41.5 Å². The summed E-state index contributed by atoms with van der Waals surface area (Å²) < 4.78 is 19.1. The smallest absolute Gasteiger partial charge is 0.254 e. The standard InChI is InChI=1S/C26H29FN2O3/c27-19-11-9-18(10-12-19)16-28-24(30)23-21-7-1-2-8-22(21)25(31)29(17-20-6-5-15-32-20)26(23)13-3-4-14-26/h1-2,7-12,20,23H,3-6,13-17H2,(H,28,30). The molecular formula is C26H29FN2O3. The maximum Gasteiger partial charge on any atom is 0.254 e. The first-order valence-corrected chi connectivity index (χ1v) is 11.6. The molecule has 0 bridgehead atoms. The fraction of sp³-hybridized carbons (Fsp3) is 0.462. The minimum absolute atomic E-state index is 0.0144. The third-order valence-electron chi connectivity index (χ3n) is 7.34. The molecule has 0 radical (unpaired) electrons. The van der Waals surface area contributed by atoms with Gasteiger partial charge in [0.25, 0.3) is 5.91 Å². The van der Waals surface area contributed by atoms with Crippen LogP contribution in [0.1, 0.15) is 65.9 Å². The number of nitrogens with one attached hydrogen (secondary N) is 1. The van der Waals surface area contributed by atoms with Gasteiger partial charge >= 0.3 is 0 Å². The lowest BCUT2D eigenvalue weighted by molar-refractivity contribution is -0.127. The van der Waals surface area contributed by atoms with E-state index in [9.17, 15) is 14.0 Å². The number of carbonyl (C=O) groups is 2. The Kier molecular flexibility index (Phi) is 5.72. The molecule has 1 spiro atoms. The van der Waals surface area contributed by atoms with Crippen LogP contribution >= 0.6 is 0 Å². The van der Waals surface area contributed by atoms with Gasteiger partial charge in [-0.2, -0.15) is 0 Å².